The standard InChI is InChI=1S/C14H27N3O3/c1-6-17(9-11(18)16-5)12(19)14(15)8-10(20-7-2)13(14,3)4/h10H,6-9,15H2,1-5H3,(H,16,18). The van der Waals surface area contributed by atoms with Gasteiger partial charge >= 0.3 is 0 Å². The van der Waals surface area contributed by atoms with Crippen LogP contribution in [0.25, 0.3) is 0 Å². The molecule has 1 aliphatic carbocycles. The number of hydrogen-bond acceptors (Lipinski definition) is 4. The fourth-order valence-corrected chi connectivity index (χ4v) is 2.66. The Morgan fingerprint density at radius 3 is 2.40 bits per heavy atom. The van der Waals surface area contributed by atoms with Crippen LogP contribution in [0.15, 0.2) is 0 Å². The fourth-order valence-electron chi connectivity index (χ4n) is 2.66. The maximum absolute atomic E-state index is 12.7. The molecular weight excluding hydrogens is 258 g/mol. The summed E-state index contributed by atoms with van der Waals surface area (Å²) in [6.07, 6.45) is 0.483. The molecule has 0 aromatic heterocycles. The van der Waals surface area contributed by atoms with Gasteiger partial charge in [-0.25, -0.2) is 0 Å². The van der Waals surface area contributed by atoms with Gasteiger partial charge in [0.05, 0.1) is 12.6 Å². The molecule has 1 saturated carbocycles. The Hall–Kier alpha value is -1.14. The van der Waals surface area contributed by atoms with E-state index < -0.39 is 11.0 Å². The van der Waals surface area contributed by atoms with Crippen molar-refractivity contribution in [3.63, 3.8) is 0 Å². The Bertz CT molecular complexity index is 384. The van der Waals surface area contributed by atoms with Gasteiger partial charge in [-0.2, -0.15) is 0 Å². The van der Waals surface area contributed by atoms with Crippen molar-refractivity contribution in [2.75, 3.05) is 26.7 Å². The summed E-state index contributed by atoms with van der Waals surface area (Å²) in [6, 6.07) is 0. The predicted molar refractivity (Wildman–Crippen MR) is 77.1 cm³/mol. The van der Waals surface area contributed by atoms with Gasteiger partial charge in [0.15, 0.2) is 0 Å². The number of nitrogens with zero attached hydrogens (tertiary/aromatic N) is 1. The summed E-state index contributed by atoms with van der Waals surface area (Å²) in [6.45, 7) is 8.77. The summed E-state index contributed by atoms with van der Waals surface area (Å²) in [7, 11) is 1.55. The molecule has 20 heavy (non-hydrogen) atoms. The second kappa shape index (κ2) is 6.10. The van der Waals surface area contributed by atoms with Gasteiger partial charge in [0.25, 0.3) is 0 Å². The van der Waals surface area contributed by atoms with Gasteiger partial charge in [-0.3, -0.25) is 9.59 Å². The minimum absolute atomic E-state index is 0.0137. The van der Waals surface area contributed by atoms with Crippen LogP contribution in [0.1, 0.15) is 34.1 Å². The van der Waals surface area contributed by atoms with E-state index >= 15 is 0 Å². The molecule has 0 spiro atoms. The molecule has 0 aromatic rings. The van der Waals surface area contributed by atoms with Crippen molar-refractivity contribution in [3.8, 4) is 0 Å². The van der Waals surface area contributed by atoms with Crippen molar-refractivity contribution in [2.45, 2.75) is 45.8 Å². The number of nitrogens with two attached hydrogens (primary N) is 1. The predicted octanol–water partition coefficient (Wildman–Crippen LogP) is 0.113. The number of likely N-dealkylation sites (N-methyl/N-ethyl adjacent to an activating group) is 2. The van der Waals surface area contributed by atoms with E-state index in [4.69, 9.17) is 10.5 Å². The van der Waals surface area contributed by atoms with Gasteiger partial charge < -0.3 is 20.7 Å². The molecule has 6 nitrogen and oxygen atoms in total. The van der Waals surface area contributed by atoms with E-state index in [1.807, 2.05) is 27.7 Å². The topological polar surface area (TPSA) is 84.7 Å². The van der Waals surface area contributed by atoms with Crippen molar-refractivity contribution in [2.24, 2.45) is 11.1 Å². The van der Waals surface area contributed by atoms with Crippen LogP contribution in [0.5, 0.6) is 0 Å². The number of ether oxygens (including phenoxy) is 1. The number of hydrogen-bond donors (Lipinski definition) is 2. The van der Waals surface area contributed by atoms with Crippen LogP contribution >= 0.6 is 0 Å². The first kappa shape index (κ1) is 16.9. The first-order chi connectivity index (χ1) is 9.24. The third-order valence-electron chi connectivity index (χ3n) is 4.49. The third-order valence-corrected chi connectivity index (χ3v) is 4.49. The zero-order valence-electron chi connectivity index (χ0n) is 13.2. The van der Waals surface area contributed by atoms with E-state index in [2.05, 4.69) is 5.32 Å². The zero-order chi connectivity index (χ0) is 15.6. The lowest BCUT2D eigenvalue weighted by Crippen LogP contribution is -2.76. The molecule has 1 aliphatic rings. The zero-order valence-corrected chi connectivity index (χ0v) is 13.2. The highest BCUT2D eigenvalue weighted by molar-refractivity contribution is 5.92. The van der Waals surface area contributed by atoms with Crippen molar-refractivity contribution in [1.82, 2.24) is 10.2 Å². The number of carbonyl (C=O) groups is 2. The molecule has 2 amide bonds. The van der Waals surface area contributed by atoms with E-state index in [0.717, 1.165) is 0 Å². The van der Waals surface area contributed by atoms with Crippen molar-refractivity contribution >= 4 is 11.8 Å². The highest BCUT2D eigenvalue weighted by atomic mass is 16.5. The number of nitrogens with one attached hydrogen (secondary N) is 1. The average Bonchev–Trinajstić information content (AvgIpc) is 2.43. The van der Waals surface area contributed by atoms with Crippen LogP contribution in [0, 0.1) is 5.41 Å². The van der Waals surface area contributed by atoms with Gasteiger partial charge in [-0.15, -0.1) is 0 Å². The first-order valence-electron chi connectivity index (χ1n) is 7.15. The Morgan fingerprint density at radius 1 is 1.40 bits per heavy atom. The smallest absolute Gasteiger partial charge is 0.243 e. The van der Waals surface area contributed by atoms with Crippen molar-refractivity contribution in [1.29, 1.82) is 0 Å². The van der Waals surface area contributed by atoms with Crippen LogP contribution in [0.2, 0.25) is 0 Å². The summed E-state index contributed by atoms with van der Waals surface area (Å²) < 4.78 is 5.62. The quantitative estimate of drug-likeness (QED) is 0.725. The van der Waals surface area contributed by atoms with E-state index in [-0.39, 0.29) is 24.5 Å². The van der Waals surface area contributed by atoms with Gasteiger partial charge in [-0.1, -0.05) is 13.8 Å². The Labute approximate surface area is 121 Å². The molecule has 116 valence electrons. The summed E-state index contributed by atoms with van der Waals surface area (Å²) >= 11 is 0. The number of amides is 2. The second-order valence-electron chi connectivity index (χ2n) is 5.83. The minimum Gasteiger partial charge on any atom is -0.378 e. The van der Waals surface area contributed by atoms with E-state index in [0.29, 0.717) is 19.6 Å². The van der Waals surface area contributed by atoms with Crippen LogP contribution in [-0.4, -0.2) is 55.1 Å². The van der Waals surface area contributed by atoms with Gasteiger partial charge in [-0.05, 0) is 13.8 Å². The largest absolute Gasteiger partial charge is 0.378 e. The molecule has 0 aromatic carbocycles. The molecule has 2 atom stereocenters. The third kappa shape index (κ3) is 2.67. The molecular formula is C14H27N3O3. The monoisotopic (exact) mass is 285 g/mol. The molecule has 0 aliphatic heterocycles. The van der Waals surface area contributed by atoms with Gasteiger partial charge in [0.1, 0.15) is 5.54 Å². The molecule has 0 saturated heterocycles. The lowest BCUT2D eigenvalue weighted by atomic mass is 9.54. The number of rotatable bonds is 6. The lowest BCUT2D eigenvalue weighted by molar-refractivity contribution is -0.179. The van der Waals surface area contributed by atoms with Crippen molar-refractivity contribution in [3.05, 3.63) is 0 Å². The van der Waals surface area contributed by atoms with Gasteiger partial charge in [0.2, 0.25) is 11.8 Å². The van der Waals surface area contributed by atoms with E-state index in [1.165, 1.54) is 4.90 Å². The molecule has 0 heterocycles. The highest BCUT2D eigenvalue weighted by Crippen LogP contribution is 2.50. The van der Waals surface area contributed by atoms with Crippen LogP contribution in [0.4, 0.5) is 0 Å². The summed E-state index contributed by atoms with van der Waals surface area (Å²) in [5, 5.41) is 2.52. The summed E-state index contributed by atoms with van der Waals surface area (Å²) in [5.41, 5.74) is 4.94. The van der Waals surface area contributed by atoms with Crippen molar-refractivity contribution < 1.29 is 14.3 Å². The molecule has 6 heteroatoms. The summed E-state index contributed by atoms with van der Waals surface area (Å²) in [4.78, 5) is 25.6. The Kier molecular flexibility index (Phi) is 5.15. The van der Waals surface area contributed by atoms with Crippen LogP contribution in [0.3, 0.4) is 0 Å². The SMILES string of the molecule is CCOC1CC(N)(C(=O)N(CC)CC(=O)NC)C1(C)C. The van der Waals surface area contributed by atoms with Gasteiger partial charge in [0, 0.05) is 32.0 Å². The van der Waals surface area contributed by atoms with Crippen LogP contribution in [-0.2, 0) is 14.3 Å². The first-order valence-corrected chi connectivity index (χ1v) is 7.15. The highest BCUT2D eigenvalue weighted by Gasteiger charge is 2.63. The van der Waals surface area contributed by atoms with E-state index in [9.17, 15) is 9.59 Å². The molecule has 0 bridgehead atoms. The molecule has 1 fully saturated rings. The minimum atomic E-state index is -0.961. The normalized spacial score (nSPS) is 27.6. The maximum atomic E-state index is 12.7. The second-order valence-corrected chi connectivity index (χ2v) is 5.83. The van der Waals surface area contributed by atoms with E-state index in [1.54, 1.807) is 7.05 Å². The molecule has 1 rings (SSSR count). The lowest BCUT2D eigenvalue weighted by Gasteiger charge is -2.58. The van der Waals surface area contributed by atoms with Crippen LogP contribution < -0.4 is 11.1 Å². The molecule has 0 radical (unpaired) electrons. The average molecular weight is 285 g/mol. The Morgan fingerprint density at radius 2 is 2.00 bits per heavy atom. The number of carbonyl (C=O) groups excluding carboxylic acids is 2. The fraction of sp³-hybridized carbons (Fsp3) is 0.857. The summed E-state index contributed by atoms with van der Waals surface area (Å²) in [5.74, 6) is -0.369. The molecule has 3 N–H and O–H groups in total. The molecule has 2 unspecified atom stereocenters. The maximum Gasteiger partial charge on any atom is 0.243 e. The Balaban J connectivity index is 2.82.